The van der Waals surface area contributed by atoms with Gasteiger partial charge in [-0.05, 0) is 31.9 Å². The van der Waals surface area contributed by atoms with Crippen LogP contribution >= 0.6 is 11.6 Å². The van der Waals surface area contributed by atoms with Crippen LogP contribution in [0.5, 0.6) is 0 Å². The van der Waals surface area contributed by atoms with Crippen LogP contribution in [-0.4, -0.2) is 9.97 Å². The Morgan fingerprint density at radius 3 is 2.45 bits per heavy atom. The lowest BCUT2D eigenvalue weighted by atomic mass is 10.0. The zero-order chi connectivity index (χ0) is 14.9. The average molecular weight is 297 g/mol. The summed E-state index contributed by atoms with van der Waals surface area (Å²) in [5.41, 5.74) is 1.28. The van der Waals surface area contributed by atoms with Gasteiger partial charge in [0.1, 0.15) is 11.0 Å². The molecule has 1 heterocycles. The molecule has 1 aromatic carbocycles. The Morgan fingerprint density at radius 1 is 1.10 bits per heavy atom. The highest BCUT2D eigenvalue weighted by Gasteiger charge is 2.18. The van der Waals surface area contributed by atoms with Crippen LogP contribution in [0.2, 0.25) is 5.15 Å². The van der Waals surface area contributed by atoms with Crippen molar-refractivity contribution in [2.45, 2.75) is 33.6 Å². The van der Waals surface area contributed by atoms with Gasteiger partial charge in [0.15, 0.2) is 11.6 Å². The van der Waals surface area contributed by atoms with E-state index in [9.17, 15) is 8.78 Å². The summed E-state index contributed by atoms with van der Waals surface area (Å²) in [6.07, 6.45) is 1.49. The van der Waals surface area contributed by atoms with Gasteiger partial charge in [-0.15, -0.1) is 0 Å². The van der Waals surface area contributed by atoms with Crippen molar-refractivity contribution < 1.29 is 8.78 Å². The fourth-order valence-electron chi connectivity index (χ4n) is 1.96. The number of aryl methyl sites for hydroxylation is 2. The quantitative estimate of drug-likeness (QED) is 0.771. The number of nitrogens with zero attached hydrogens (tertiary/aromatic N) is 2. The normalized spacial score (nSPS) is 10.9. The third-order valence-corrected chi connectivity index (χ3v) is 3.50. The SMILES string of the molecule is CCCc1nc(Cl)c(C)c(-c2ccc(C)c(F)c2F)n1. The smallest absolute Gasteiger partial charge is 0.168 e. The second kappa shape index (κ2) is 5.83. The minimum atomic E-state index is -0.898. The van der Waals surface area contributed by atoms with E-state index in [2.05, 4.69) is 9.97 Å². The molecule has 20 heavy (non-hydrogen) atoms. The third kappa shape index (κ3) is 2.66. The third-order valence-electron chi connectivity index (χ3n) is 3.14. The van der Waals surface area contributed by atoms with E-state index in [1.165, 1.54) is 19.1 Å². The monoisotopic (exact) mass is 296 g/mol. The Labute approximate surface area is 121 Å². The molecule has 0 saturated heterocycles. The van der Waals surface area contributed by atoms with E-state index >= 15 is 0 Å². The van der Waals surface area contributed by atoms with Crippen LogP contribution < -0.4 is 0 Å². The van der Waals surface area contributed by atoms with E-state index in [0.717, 1.165) is 6.42 Å². The summed E-state index contributed by atoms with van der Waals surface area (Å²) >= 11 is 6.06. The molecule has 2 nitrogen and oxygen atoms in total. The lowest BCUT2D eigenvalue weighted by molar-refractivity contribution is 0.505. The molecule has 0 radical (unpaired) electrons. The Hall–Kier alpha value is -1.55. The Bertz CT molecular complexity index is 657. The van der Waals surface area contributed by atoms with Crippen LogP contribution in [0.25, 0.3) is 11.3 Å². The van der Waals surface area contributed by atoms with Crippen molar-refractivity contribution in [2.24, 2.45) is 0 Å². The second-order valence-corrected chi connectivity index (χ2v) is 5.07. The topological polar surface area (TPSA) is 25.8 Å². The minimum absolute atomic E-state index is 0.118. The maximum atomic E-state index is 14.1. The fraction of sp³-hybridized carbons (Fsp3) is 0.333. The predicted octanol–water partition coefficient (Wildman–Crippen LogP) is 4.64. The molecule has 0 aliphatic heterocycles. The van der Waals surface area contributed by atoms with Crippen LogP contribution in [-0.2, 0) is 6.42 Å². The number of aromatic nitrogens is 2. The highest BCUT2D eigenvalue weighted by Crippen LogP contribution is 2.30. The molecule has 0 aliphatic rings. The van der Waals surface area contributed by atoms with Crippen molar-refractivity contribution in [2.75, 3.05) is 0 Å². The molecule has 0 atom stereocenters. The van der Waals surface area contributed by atoms with Gasteiger partial charge in [0.25, 0.3) is 0 Å². The summed E-state index contributed by atoms with van der Waals surface area (Å²) in [7, 11) is 0. The fourth-order valence-corrected chi connectivity index (χ4v) is 2.15. The van der Waals surface area contributed by atoms with Crippen LogP contribution in [0.3, 0.4) is 0 Å². The molecule has 0 saturated carbocycles. The zero-order valence-corrected chi connectivity index (χ0v) is 12.4. The van der Waals surface area contributed by atoms with Crippen molar-refractivity contribution in [3.63, 3.8) is 0 Å². The summed E-state index contributed by atoms with van der Waals surface area (Å²) in [4.78, 5) is 8.48. The van der Waals surface area contributed by atoms with E-state index < -0.39 is 11.6 Å². The molecule has 2 aromatic rings. The van der Waals surface area contributed by atoms with Crippen molar-refractivity contribution >= 4 is 11.6 Å². The van der Waals surface area contributed by atoms with Gasteiger partial charge in [0, 0.05) is 17.5 Å². The highest BCUT2D eigenvalue weighted by molar-refractivity contribution is 6.30. The number of rotatable bonds is 3. The molecule has 1 aromatic heterocycles. The van der Waals surface area contributed by atoms with Gasteiger partial charge in [-0.3, -0.25) is 0 Å². The van der Waals surface area contributed by atoms with Crippen molar-refractivity contribution in [1.82, 2.24) is 9.97 Å². The first-order chi connectivity index (χ1) is 9.45. The molecule has 0 bridgehead atoms. The molecule has 106 valence electrons. The zero-order valence-electron chi connectivity index (χ0n) is 11.6. The lowest BCUT2D eigenvalue weighted by Crippen LogP contribution is -2.03. The second-order valence-electron chi connectivity index (χ2n) is 4.71. The maximum absolute atomic E-state index is 14.1. The molecule has 0 spiro atoms. The number of hydrogen-bond acceptors (Lipinski definition) is 2. The molecule has 0 aliphatic carbocycles. The predicted molar refractivity (Wildman–Crippen MR) is 75.9 cm³/mol. The van der Waals surface area contributed by atoms with Gasteiger partial charge in [-0.2, -0.15) is 0 Å². The van der Waals surface area contributed by atoms with E-state index in [1.54, 1.807) is 6.92 Å². The van der Waals surface area contributed by atoms with Gasteiger partial charge >= 0.3 is 0 Å². The van der Waals surface area contributed by atoms with Crippen LogP contribution in [0, 0.1) is 25.5 Å². The van der Waals surface area contributed by atoms with Gasteiger partial charge in [0.2, 0.25) is 0 Å². The summed E-state index contributed by atoms with van der Waals surface area (Å²) in [6, 6.07) is 3.05. The van der Waals surface area contributed by atoms with Crippen LogP contribution in [0.1, 0.15) is 30.3 Å². The first kappa shape index (κ1) is 14.9. The number of halogens is 3. The van der Waals surface area contributed by atoms with Crippen molar-refractivity contribution in [1.29, 1.82) is 0 Å². The number of hydrogen-bond donors (Lipinski definition) is 0. The van der Waals surface area contributed by atoms with E-state index in [-0.39, 0.29) is 16.3 Å². The first-order valence-corrected chi connectivity index (χ1v) is 6.81. The largest absolute Gasteiger partial charge is 0.232 e. The van der Waals surface area contributed by atoms with Gasteiger partial charge in [-0.1, -0.05) is 24.6 Å². The Morgan fingerprint density at radius 2 is 1.80 bits per heavy atom. The molecule has 5 heteroatoms. The van der Waals surface area contributed by atoms with Gasteiger partial charge in [-0.25, -0.2) is 18.7 Å². The highest BCUT2D eigenvalue weighted by atomic mass is 35.5. The van der Waals surface area contributed by atoms with Crippen molar-refractivity contribution in [3.8, 4) is 11.3 Å². The van der Waals surface area contributed by atoms with Crippen LogP contribution in [0.15, 0.2) is 12.1 Å². The molecule has 0 N–H and O–H groups in total. The average Bonchev–Trinajstić information content (AvgIpc) is 2.41. The first-order valence-electron chi connectivity index (χ1n) is 6.43. The molecular weight excluding hydrogens is 282 g/mol. The molecular formula is C15H15ClF2N2. The molecule has 0 unspecified atom stereocenters. The van der Waals surface area contributed by atoms with E-state index in [1.807, 2.05) is 6.92 Å². The molecule has 0 fully saturated rings. The Kier molecular flexibility index (Phi) is 4.33. The minimum Gasteiger partial charge on any atom is -0.232 e. The van der Waals surface area contributed by atoms with E-state index in [0.29, 0.717) is 23.5 Å². The molecule has 0 amide bonds. The van der Waals surface area contributed by atoms with Crippen LogP contribution in [0.4, 0.5) is 8.78 Å². The maximum Gasteiger partial charge on any atom is 0.168 e. The molecule has 2 rings (SSSR count). The van der Waals surface area contributed by atoms with Gasteiger partial charge in [0.05, 0.1) is 5.69 Å². The summed E-state index contributed by atoms with van der Waals surface area (Å²) < 4.78 is 27.8. The van der Waals surface area contributed by atoms with Crippen molar-refractivity contribution in [3.05, 3.63) is 45.9 Å². The Balaban J connectivity index is 2.66. The number of benzene rings is 1. The van der Waals surface area contributed by atoms with E-state index in [4.69, 9.17) is 11.6 Å². The summed E-state index contributed by atoms with van der Waals surface area (Å²) in [6.45, 7) is 5.21. The summed E-state index contributed by atoms with van der Waals surface area (Å²) in [5, 5.41) is 0.277. The lowest BCUT2D eigenvalue weighted by Gasteiger charge is -2.11. The summed E-state index contributed by atoms with van der Waals surface area (Å²) in [5.74, 6) is -1.21. The van der Waals surface area contributed by atoms with Gasteiger partial charge < -0.3 is 0 Å². The standard InChI is InChI=1S/C15H15ClF2N2/c1-4-5-11-19-14(9(3)15(16)20-11)10-7-6-8(2)12(17)13(10)18/h6-7H,4-5H2,1-3H3.